The van der Waals surface area contributed by atoms with Crippen LogP contribution in [-0.4, -0.2) is 39.8 Å². The molecule has 0 radical (unpaired) electrons. The second kappa shape index (κ2) is 6.46. The number of nitriles is 1. The van der Waals surface area contributed by atoms with Crippen LogP contribution in [0.15, 0.2) is 18.2 Å². The molecular formula is C14H17FN4O. The molecule has 0 saturated carbocycles. The van der Waals surface area contributed by atoms with Gasteiger partial charge in [0.15, 0.2) is 0 Å². The topological polar surface area (TPSA) is 65.1 Å². The van der Waals surface area contributed by atoms with Crippen LogP contribution in [0.25, 0.3) is 11.0 Å². The molecule has 1 heterocycles. The van der Waals surface area contributed by atoms with Crippen LogP contribution in [-0.2, 0) is 13.1 Å². The van der Waals surface area contributed by atoms with Gasteiger partial charge in [-0.2, -0.15) is 5.26 Å². The molecule has 5 nitrogen and oxygen atoms in total. The first-order valence-corrected chi connectivity index (χ1v) is 6.46. The molecule has 1 N–H and O–H groups in total. The van der Waals surface area contributed by atoms with E-state index in [9.17, 15) is 4.39 Å². The molecule has 20 heavy (non-hydrogen) atoms. The number of fused-ring (bicyclic) bond motifs is 1. The van der Waals surface area contributed by atoms with Crippen molar-refractivity contribution in [3.05, 3.63) is 29.8 Å². The average Bonchev–Trinajstić information content (AvgIpc) is 2.73. The Morgan fingerprint density at radius 1 is 1.50 bits per heavy atom. The van der Waals surface area contributed by atoms with Crippen molar-refractivity contribution in [3.8, 4) is 6.07 Å². The number of aromatic nitrogens is 2. The standard InChI is InChI=1S/C14H17FN4O/c1-18(7-8-20)10-14-17-12-9-11(15)3-4-13(12)19(14)6-2-5-16/h3-4,9,20H,2,6-8,10H2,1H3. The van der Waals surface area contributed by atoms with Crippen LogP contribution in [0.4, 0.5) is 4.39 Å². The van der Waals surface area contributed by atoms with E-state index < -0.39 is 0 Å². The third-order valence-corrected chi connectivity index (χ3v) is 3.13. The fourth-order valence-electron chi connectivity index (χ4n) is 2.18. The summed E-state index contributed by atoms with van der Waals surface area (Å²) in [5.74, 6) is 0.453. The molecule has 0 saturated heterocycles. The molecule has 1 aromatic carbocycles. The number of imidazole rings is 1. The van der Waals surface area contributed by atoms with Crippen molar-refractivity contribution < 1.29 is 9.50 Å². The van der Waals surface area contributed by atoms with Gasteiger partial charge in [0.2, 0.25) is 0 Å². The molecule has 1 aromatic heterocycles. The molecule has 0 atom stereocenters. The van der Waals surface area contributed by atoms with Gasteiger partial charge in [0.05, 0.1) is 36.7 Å². The molecule has 0 fully saturated rings. The molecule has 2 aromatic rings. The third-order valence-electron chi connectivity index (χ3n) is 3.13. The van der Waals surface area contributed by atoms with Gasteiger partial charge >= 0.3 is 0 Å². The number of benzene rings is 1. The molecule has 0 bridgehead atoms. The van der Waals surface area contributed by atoms with Gasteiger partial charge in [-0.3, -0.25) is 4.90 Å². The van der Waals surface area contributed by atoms with E-state index in [0.717, 1.165) is 11.3 Å². The summed E-state index contributed by atoms with van der Waals surface area (Å²) in [5, 5.41) is 17.7. The van der Waals surface area contributed by atoms with E-state index in [-0.39, 0.29) is 12.4 Å². The molecular weight excluding hydrogens is 259 g/mol. The molecule has 0 aliphatic heterocycles. The Balaban J connectivity index is 2.38. The zero-order valence-electron chi connectivity index (χ0n) is 11.4. The van der Waals surface area contributed by atoms with Crippen LogP contribution in [0, 0.1) is 17.1 Å². The number of rotatable bonds is 6. The minimum Gasteiger partial charge on any atom is -0.395 e. The summed E-state index contributed by atoms with van der Waals surface area (Å²) in [6.45, 7) is 1.68. The second-order valence-electron chi connectivity index (χ2n) is 4.68. The molecule has 106 valence electrons. The van der Waals surface area contributed by atoms with Crippen molar-refractivity contribution in [1.29, 1.82) is 5.26 Å². The van der Waals surface area contributed by atoms with Crippen LogP contribution in [0.5, 0.6) is 0 Å². The normalized spacial score (nSPS) is 11.2. The van der Waals surface area contributed by atoms with Crippen LogP contribution < -0.4 is 0 Å². The molecule has 6 heteroatoms. The Kier molecular flexibility index (Phi) is 4.66. The maximum absolute atomic E-state index is 13.3. The maximum atomic E-state index is 13.3. The highest BCUT2D eigenvalue weighted by Gasteiger charge is 2.12. The highest BCUT2D eigenvalue weighted by molar-refractivity contribution is 5.76. The summed E-state index contributed by atoms with van der Waals surface area (Å²) in [6, 6.07) is 6.59. The summed E-state index contributed by atoms with van der Waals surface area (Å²) >= 11 is 0. The fourth-order valence-corrected chi connectivity index (χ4v) is 2.18. The number of aliphatic hydroxyl groups excluding tert-OH is 1. The van der Waals surface area contributed by atoms with Gasteiger partial charge < -0.3 is 9.67 Å². The van der Waals surface area contributed by atoms with Crippen molar-refractivity contribution in [2.45, 2.75) is 19.5 Å². The minimum absolute atomic E-state index is 0.0730. The van der Waals surface area contributed by atoms with Gasteiger partial charge in [-0.25, -0.2) is 9.37 Å². The van der Waals surface area contributed by atoms with Crippen LogP contribution >= 0.6 is 0 Å². The zero-order valence-corrected chi connectivity index (χ0v) is 11.4. The van der Waals surface area contributed by atoms with E-state index in [4.69, 9.17) is 10.4 Å². The molecule has 0 aliphatic rings. The van der Waals surface area contributed by atoms with E-state index in [1.165, 1.54) is 12.1 Å². The van der Waals surface area contributed by atoms with Crippen LogP contribution in [0.1, 0.15) is 12.2 Å². The predicted molar refractivity (Wildman–Crippen MR) is 73.3 cm³/mol. The number of hydrogen-bond acceptors (Lipinski definition) is 4. The van der Waals surface area contributed by atoms with Gasteiger partial charge in [0, 0.05) is 19.2 Å². The number of nitrogens with zero attached hydrogens (tertiary/aromatic N) is 4. The summed E-state index contributed by atoms with van der Waals surface area (Å²) < 4.78 is 15.2. The molecule has 0 amide bonds. The van der Waals surface area contributed by atoms with E-state index in [2.05, 4.69) is 11.1 Å². The number of aryl methyl sites for hydroxylation is 1. The quantitative estimate of drug-likeness (QED) is 0.868. The third kappa shape index (κ3) is 3.13. The van der Waals surface area contributed by atoms with Gasteiger partial charge in [-0.05, 0) is 19.2 Å². The van der Waals surface area contributed by atoms with Crippen molar-refractivity contribution in [3.63, 3.8) is 0 Å². The van der Waals surface area contributed by atoms with Crippen molar-refractivity contribution in [1.82, 2.24) is 14.5 Å². The van der Waals surface area contributed by atoms with Crippen molar-refractivity contribution in [2.24, 2.45) is 0 Å². The van der Waals surface area contributed by atoms with Crippen molar-refractivity contribution in [2.75, 3.05) is 20.2 Å². The van der Waals surface area contributed by atoms with Gasteiger partial charge in [-0.15, -0.1) is 0 Å². The van der Waals surface area contributed by atoms with E-state index in [1.54, 1.807) is 6.07 Å². The van der Waals surface area contributed by atoms with Gasteiger partial charge in [0.1, 0.15) is 11.6 Å². The Morgan fingerprint density at radius 3 is 3.00 bits per heavy atom. The lowest BCUT2D eigenvalue weighted by atomic mass is 10.3. The largest absolute Gasteiger partial charge is 0.395 e. The minimum atomic E-state index is -0.322. The smallest absolute Gasteiger partial charge is 0.125 e. The highest BCUT2D eigenvalue weighted by atomic mass is 19.1. The SMILES string of the molecule is CN(CCO)Cc1nc2cc(F)ccc2n1CCC#N. The average molecular weight is 276 g/mol. The number of halogens is 1. The Hall–Kier alpha value is -1.97. The summed E-state index contributed by atoms with van der Waals surface area (Å²) in [7, 11) is 1.88. The maximum Gasteiger partial charge on any atom is 0.125 e. The van der Waals surface area contributed by atoms with Gasteiger partial charge in [0.25, 0.3) is 0 Å². The first-order chi connectivity index (χ1) is 9.65. The van der Waals surface area contributed by atoms with E-state index in [0.29, 0.717) is 31.6 Å². The number of hydrogen-bond donors (Lipinski definition) is 1. The molecule has 0 spiro atoms. The highest BCUT2D eigenvalue weighted by Crippen LogP contribution is 2.19. The first-order valence-electron chi connectivity index (χ1n) is 6.46. The second-order valence-corrected chi connectivity index (χ2v) is 4.68. The van der Waals surface area contributed by atoms with Crippen molar-refractivity contribution >= 4 is 11.0 Å². The number of likely N-dealkylation sites (N-methyl/N-ethyl adjacent to an activating group) is 1. The summed E-state index contributed by atoms with van der Waals surface area (Å²) in [4.78, 5) is 6.37. The Labute approximate surface area is 116 Å². The Bertz CT molecular complexity index is 632. The molecule has 2 rings (SSSR count). The predicted octanol–water partition coefficient (Wildman–Crippen LogP) is 1.51. The first kappa shape index (κ1) is 14.4. The number of aliphatic hydroxyl groups is 1. The fraction of sp³-hybridized carbons (Fsp3) is 0.429. The van der Waals surface area contributed by atoms with E-state index >= 15 is 0 Å². The molecule has 0 unspecified atom stereocenters. The van der Waals surface area contributed by atoms with Crippen LogP contribution in [0.3, 0.4) is 0 Å². The summed E-state index contributed by atoms with van der Waals surface area (Å²) in [6.07, 6.45) is 0.375. The molecule has 0 aliphatic carbocycles. The zero-order chi connectivity index (χ0) is 14.5. The lowest BCUT2D eigenvalue weighted by molar-refractivity contribution is 0.213. The van der Waals surface area contributed by atoms with Gasteiger partial charge in [-0.1, -0.05) is 0 Å². The Morgan fingerprint density at radius 2 is 2.30 bits per heavy atom. The lowest BCUT2D eigenvalue weighted by Crippen LogP contribution is -2.23. The summed E-state index contributed by atoms with van der Waals surface area (Å²) in [5.41, 5.74) is 1.42. The van der Waals surface area contributed by atoms with Crippen LogP contribution in [0.2, 0.25) is 0 Å². The monoisotopic (exact) mass is 276 g/mol. The van der Waals surface area contributed by atoms with E-state index in [1.807, 2.05) is 16.5 Å². The lowest BCUT2D eigenvalue weighted by Gasteiger charge is -2.15.